The average Bonchev–Trinajstić information content (AvgIpc) is 2.53. The Morgan fingerprint density at radius 2 is 1.71 bits per heavy atom. The van der Waals surface area contributed by atoms with Crippen molar-refractivity contribution < 1.29 is 14.6 Å². The Bertz CT molecular complexity index is 581. The van der Waals surface area contributed by atoms with Gasteiger partial charge in [0.25, 0.3) is 0 Å². The number of ether oxygens (including phenoxy) is 1. The molecule has 0 aromatic heterocycles. The van der Waals surface area contributed by atoms with Crippen molar-refractivity contribution in [2.45, 2.75) is 18.4 Å². The van der Waals surface area contributed by atoms with Gasteiger partial charge in [-0.15, -0.1) is 0 Å². The van der Waals surface area contributed by atoms with Crippen molar-refractivity contribution in [3.63, 3.8) is 0 Å². The summed E-state index contributed by atoms with van der Waals surface area (Å²) in [7, 11) is 1.60. The third kappa shape index (κ3) is 3.83. The van der Waals surface area contributed by atoms with E-state index >= 15 is 0 Å². The standard InChI is InChI=1S/C17H19NO3/c1-21-14-9-7-13(8-10-14)17(18)15(11-16(19)20)12-5-3-2-4-6-12/h2-10,15,17H,11,18H2,1H3,(H,19,20). The second kappa shape index (κ2) is 6.90. The summed E-state index contributed by atoms with van der Waals surface area (Å²) in [6, 6.07) is 16.6. The maximum Gasteiger partial charge on any atom is 0.304 e. The Balaban J connectivity index is 2.28. The van der Waals surface area contributed by atoms with E-state index in [9.17, 15) is 4.79 Å². The van der Waals surface area contributed by atoms with Gasteiger partial charge in [-0.25, -0.2) is 0 Å². The molecule has 2 rings (SSSR count). The molecule has 2 atom stereocenters. The molecule has 0 heterocycles. The van der Waals surface area contributed by atoms with E-state index in [1.807, 2.05) is 54.6 Å². The molecule has 0 aliphatic carbocycles. The number of methoxy groups -OCH3 is 1. The molecule has 0 bridgehead atoms. The van der Waals surface area contributed by atoms with Crippen molar-refractivity contribution >= 4 is 5.97 Å². The Labute approximate surface area is 124 Å². The first kappa shape index (κ1) is 15.1. The van der Waals surface area contributed by atoms with Gasteiger partial charge in [0.2, 0.25) is 0 Å². The van der Waals surface area contributed by atoms with Gasteiger partial charge >= 0.3 is 5.97 Å². The first-order valence-corrected chi connectivity index (χ1v) is 6.78. The van der Waals surface area contributed by atoms with Gasteiger partial charge in [-0.1, -0.05) is 42.5 Å². The SMILES string of the molecule is COc1ccc(C(N)C(CC(=O)O)c2ccccc2)cc1. The van der Waals surface area contributed by atoms with Crippen LogP contribution in [0, 0.1) is 0 Å². The molecule has 0 aliphatic heterocycles. The molecule has 0 spiro atoms. The summed E-state index contributed by atoms with van der Waals surface area (Å²) in [6.45, 7) is 0. The highest BCUT2D eigenvalue weighted by atomic mass is 16.5. The Kier molecular flexibility index (Phi) is 4.95. The van der Waals surface area contributed by atoms with E-state index in [0.717, 1.165) is 16.9 Å². The lowest BCUT2D eigenvalue weighted by atomic mass is 9.85. The van der Waals surface area contributed by atoms with Crippen molar-refractivity contribution in [1.29, 1.82) is 0 Å². The zero-order valence-corrected chi connectivity index (χ0v) is 11.9. The molecule has 0 amide bonds. The van der Waals surface area contributed by atoms with Gasteiger partial charge in [-0.3, -0.25) is 4.79 Å². The molecule has 21 heavy (non-hydrogen) atoms. The fourth-order valence-corrected chi connectivity index (χ4v) is 2.40. The minimum atomic E-state index is -0.854. The molecule has 4 nitrogen and oxygen atoms in total. The van der Waals surface area contributed by atoms with Crippen molar-refractivity contribution in [1.82, 2.24) is 0 Å². The van der Waals surface area contributed by atoms with Gasteiger partial charge in [-0.05, 0) is 23.3 Å². The van der Waals surface area contributed by atoms with Gasteiger partial charge in [0.15, 0.2) is 0 Å². The second-order valence-corrected chi connectivity index (χ2v) is 4.91. The lowest BCUT2D eigenvalue weighted by molar-refractivity contribution is -0.137. The van der Waals surface area contributed by atoms with E-state index in [1.54, 1.807) is 7.11 Å². The van der Waals surface area contributed by atoms with Crippen LogP contribution in [-0.4, -0.2) is 18.2 Å². The number of hydrogen-bond acceptors (Lipinski definition) is 3. The molecule has 2 unspecified atom stereocenters. The first-order valence-electron chi connectivity index (χ1n) is 6.78. The largest absolute Gasteiger partial charge is 0.497 e. The number of aliphatic carboxylic acids is 1. The van der Waals surface area contributed by atoms with E-state index in [0.29, 0.717) is 0 Å². The number of rotatable bonds is 6. The minimum absolute atomic E-state index is 0.00277. The van der Waals surface area contributed by atoms with Crippen LogP contribution in [-0.2, 0) is 4.79 Å². The zero-order chi connectivity index (χ0) is 15.2. The maximum absolute atomic E-state index is 11.1. The molecule has 3 N–H and O–H groups in total. The van der Waals surface area contributed by atoms with Gasteiger partial charge in [0.05, 0.1) is 13.5 Å². The van der Waals surface area contributed by atoms with E-state index in [2.05, 4.69) is 0 Å². The van der Waals surface area contributed by atoms with E-state index < -0.39 is 5.97 Å². The summed E-state index contributed by atoms with van der Waals surface area (Å²) in [5, 5.41) is 9.15. The minimum Gasteiger partial charge on any atom is -0.497 e. The van der Waals surface area contributed by atoms with Crippen LogP contribution in [0.5, 0.6) is 5.75 Å². The first-order chi connectivity index (χ1) is 10.1. The van der Waals surface area contributed by atoms with Crippen LogP contribution in [0.4, 0.5) is 0 Å². The highest BCUT2D eigenvalue weighted by Crippen LogP contribution is 2.32. The average molecular weight is 285 g/mol. The number of hydrogen-bond donors (Lipinski definition) is 2. The normalized spacial score (nSPS) is 13.4. The smallest absolute Gasteiger partial charge is 0.304 e. The molecule has 0 saturated heterocycles. The summed E-state index contributed by atoms with van der Waals surface area (Å²) in [5.41, 5.74) is 8.13. The molecular formula is C17H19NO3. The fourth-order valence-electron chi connectivity index (χ4n) is 2.40. The molecule has 4 heteroatoms. The van der Waals surface area contributed by atoms with Crippen LogP contribution in [0.3, 0.4) is 0 Å². The van der Waals surface area contributed by atoms with Gasteiger partial charge in [-0.2, -0.15) is 0 Å². The van der Waals surface area contributed by atoms with Crippen molar-refractivity contribution in [3.05, 3.63) is 65.7 Å². The molecule has 2 aromatic carbocycles. The molecule has 0 saturated carbocycles. The lowest BCUT2D eigenvalue weighted by Gasteiger charge is -2.23. The number of benzene rings is 2. The molecule has 0 fully saturated rings. The quantitative estimate of drug-likeness (QED) is 0.856. The van der Waals surface area contributed by atoms with Crippen LogP contribution in [0.2, 0.25) is 0 Å². The topological polar surface area (TPSA) is 72.5 Å². The van der Waals surface area contributed by atoms with Gasteiger partial charge < -0.3 is 15.6 Å². The Morgan fingerprint density at radius 3 is 2.24 bits per heavy atom. The number of nitrogens with two attached hydrogens (primary N) is 1. The van der Waals surface area contributed by atoms with E-state index in [4.69, 9.17) is 15.6 Å². The van der Waals surface area contributed by atoms with Crippen LogP contribution >= 0.6 is 0 Å². The van der Waals surface area contributed by atoms with E-state index in [-0.39, 0.29) is 18.4 Å². The summed E-state index contributed by atoms with van der Waals surface area (Å²) < 4.78 is 5.12. The third-order valence-corrected chi connectivity index (χ3v) is 3.56. The van der Waals surface area contributed by atoms with E-state index in [1.165, 1.54) is 0 Å². The molecular weight excluding hydrogens is 266 g/mol. The van der Waals surface area contributed by atoms with Crippen molar-refractivity contribution in [2.75, 3.05) is 7.11 Å². The van der Waals surface area contributed by atoms with Gasteiger partial charge in [0.1, 0.15) is 5.75 Å². The van der Waals surface area contributed by atoms with Crippen LogP contribution in [0.1, 0.15) is 29.5 Å². The Hall–Kier alpha value is -2.33. The number of carboxylic acid groups (broad SMARTS) is 1. The fraction of sp³-hybridized carbons (Fsp3) is 0.235. The van der Waals surface area contributed by atoms with Crippen LogP contribution in [0.15, 0.2) is 54.6 Å². The highest BCUT2D eigenvalue weighted by Gasteiger charge is 2.24. The summed E-state index contributed by atoms with van der Waals surface area (Å²) in [6.07, 6.45) is -0.00277. The number of carbonyl (C=O) groups is 1. The molecule has 110 valence electrons. The third-order valence-electron chi connectivity index (χ3n) is 3.56. The van der Waals surface area contributed by atoms with Crippen molar-refractivity contribution in [3.8, 4) is 5.75 Å². The Morgan fingerprint density at radius 1 is 1.10 bits per heavy atom. The lowest BCUT2D eigenvalue weighted by Crippen LogP contribution is -2.22. The molecule has 0 radical (unpaired) electrons. The summed E-state index contributed by atoms with van der Waals surface area (Å²) in [4.78, 5) is 11.1. The van der Waals surface area contributed by atoms with Crippen LogP contribution in [0.25, 0.3) is 0 Å². The number of carboxylic acids is 1. The predicted molar refractivity (Wildman–Crippen MR) is 81.4 cm³/mol. The van der Waals surface area contributed by atoms with Crippen LogP contribution < -0.4 is 10.5 Å². The zero-order valence-electron chi connectivity index (χ0n) is 11.9. The predicted octanol–water partition coefficient (Wildman–Crippen LogP) is 2.95. The maximum atomic E-state index is 11.1. The van der Waals surface area contributed by atoms with Crippen molar-refractivity contribution in [2.24, 2.45) is 5.73 Å². The molecule has 2 aromatic rings. The highest BCUT2D eigenvalue weighted by molar-refractivity contribution is 5.68. The summed E-state index contributed by atoms with van der Waals surface area (Å²) in [5.74, 6) is -0.370. The molecule has 0 aliphatic rings. The van der Waals surface area contributed by atoms with Gasteiger partial charge in [0, 0.05) is 12.0 Å². The monoisotopic (exact) mass is 285 g/mol. The summed E-state index contributed by atoms with van der Waals surface area (Å²) >= 11 is 0. The second-order valence-electron chi connectivity index (χ2n) is 4.91.